The molecule has 1 heterocycles. The van der Waals surface area contributed by atoms with Crippen LogP contribution in [0.3, 0.4) is 0 Å². The SMILES string of the molecule is C[C@@](NC(=O)O)(C(O)C(F)(F)F)[C@@H]1CCCNC1=O. The number of aliphatic hydroxyl groups is 1. The maximum absolute atomic E-state index is 12.7. The molecule has 2 amide bonds. The molecule has 0 aromatic rings. The monoisotopic (exact) mass is 284 g/mol. The predicted octanol–water partition coefficient (Wildman–Crippen LogP) is 0.462. The van der Waals surface area contributed by atoms with Crippen molar-refractivity contribution in [3.8, 4) is 0 Å². The molecule has 0 spiro atoms. The average molecular weight is 284 g/mol. The fourth-order valence-electron chi connectivity index (χ4n) is 2.26. The van der Waals surface area contributed by atoms with Gasteiger partial charge in [0.1, 0.15) is 0 Å². The maximum Gasteiger partial charge on any atom is 0.416 e. The molecule has 1 fully saturated rings. The molecule has 9 heteroatoms. The Morgan fingerprint density at radius 3 is 2.53 bits per heavy atom. The highest BCUT2D eigenvalue weighted by atomic mass is 19.4. The van der Waals surface area contributed by atoms with Crippen molar-refractivity contribution in [2.24, 2.45) is 5.92 Å². The van der Waals surface area contributed by atoms with Crippen LogP contribution >= 0.6 is 0 Å². The summed E-state index contributed by atoms with van der Waals surface area (Å²) in [5.41, 5.74) is -2.32. The minimum Gasteiger partial charge on any atom is -0.465 e. The zero-order valence-corrected chi connectivity index (χ0v) is 10.1. The molecule has 3 atom stereocenters. The molecule has 0 aromatic heterocycles. The lowest BCUT2D eigenvalue weighted by Gasteiger charge is -2.42. The fraction of sp³-hybridized carbons (Fsp3) is 0.800. The number of nitrogens with one attached hydrogen (secondary N) is 2. The van der Waals surface area contributed by atoms with Gasteiger partial charge in [-0.05, 0) is 19.8 Å². The third kappa shape index (κ3) is 3.28. The number of carboxylic acid groups (broad SMARTS) is 1. The summed E-state index contributed by atoms with van der Waals surface area (Å²) in [7, 11) is 0. The molecule has 4 N–H and O–H groups in total. The molecule has 1 unspecified atom stereocenters. The van der Waals surface area contributed by atoms with Crippen LogP contribution in [-0.2, 0) is 4.79 Å². The smallest absolute Gasteiger partial charge is 0.416 e. The molecule has 110 valence electrons. The highest BCUT2D eigenvalue weighted by Crippen LogP contribution is 2.36. The Balaban J connectivity index is 3.11. The van der Waals surface area contributed by atoms with Gasteiger partial charge in [-0.2, -0.15) is 13.2 Å². The first-order valence-electron chi connectivity index (χ1n) is 5.62. The summed E-state index contributed by atoms with van der Waals surface area (Å²) in [5.74, 6) is -1.99. The van der Waals surface area contributed by atoms with E-state index in [0.717, 1.165) is 6.92 Å². The summed E-state index contributed by atoms with van der Waals surface area (Å²) < 4.78 is 38.0. The van der Waals surface area contributed by atoms with Gasteiger partial charge in [0.05, 0.1) is 11.5 Å². The summed E-state index contributed by atoms with van der Waals surface area (Å²) in [4.78, 5) is 22.3. The number of aliphatic hydroxyl groups excluding tert-OH is 1. The molecule has 0 aliphatic carbocycles. The topological polar surface area (TPSA) is 98.7 Å². The van der Waals surface area contributed by atoms with Gasteiger partial charge >= 0.3 is 12.3 Å². The van der Waals surface area contributed by atoms with Gasteiger partial charge in [0, 0.05) is 6.54 Å². The van der Waals surface area contributed by atoms with Crippen molar-refractivity contribution in [2.75, 3.05) is 6.54 Å². The largest absolute Gasteiger partial charge is 0.465 e. The molecule has 6 nitrogen and oxygen atoms in total. The second-order valence-corrected chi connectivity index (χ2v) is 4.64. The van der Waals surface area contributed by atoms with E-state index in [1.807, 2.05) is 0 Å². The molecular formula is C10H15F3N2O4. The Labute approximate surface area is 107 Å². The molecule has 1 saturated heterocycles. The zero-order valence-electron chi connectivity index (χ0n) is 10.1. The first-order chi connectivity index (χ1) is 8.59. The predicted molar refractivity (Wildman–Crippen MR) is 57.4 cm³/mol. The number of halogens is 3. The number of amides is 2. The van der Waals surface area contributed by atoms with Crippen LogP contribution < -0.4 is 10.6 Å². The van der Waals surface area contributed by atoms with Crippen molar-refractivity contribution in [2.45, 2.75) is 37.6 Å². The normalized spacial score (nSPS) is 25.1. The van der Waals surface area contributed by atoms with Crippen molar-refractivity contribution < 1.29 is 33.0 Å². The Morgan fingerprint density at radius 2 is 2.11 bits per heavy atom. The molecule has 1 rings (SSSR count). The van der Waals surface area contributed by atoms with E-state index in [4.69, 9.17) is 5.11 Å². The van der Waals surface area contributed by atoms with E-state index in [1.54, 1.807) is 5.32 Å². The number of hydrogen-bond acceptors (Lipinski definition) is 3. The molecule has 0 saturated carbocycles. The van der Waals surface area contributed by atoms with Gasteiger partial charge in [-0.3, -0.25) is 4.79 Å². The summed E-state index contributed by atoms with van der Waals surface area (Å²) in [6.45, 7) is 1.20. The lowest BCUT2D eigenvalue weighted by molar-refractivity contribution is -0.230. The molecule has 1 aliphatic heterocycles. The Morgan fingerprint density at radius 1 is 1.53 bits per heavy atom. The first kappa shape index (κ1) is 15.5. The third-order valence-electron chi connectivity index (χ3n) is 3.26. The molecule has 0 bridgehead atoms. The third-order valence-corrected chi connectivity index (χ3v) is 3.26. The van der Waals surface area contributed by atoms with Crippen LogP contribution in [0.2, 0.25) is 0 Å². The molecule has 0 aromatic carbocycles. The van der Waals surface area contributed by atoms with E-state index in [0.29, 0.717) is 13.0 Å². The van der Waals surface area contributed by atoms with Gasteiger partial charge in [-0.15, -0.1) is 0 Å². The van der Waals surface area contributed by atoms with E-state index < -0.39 is 35.7 Å². The van der Waals surface area contributed by atoms with Gasteiger partial charge < -0.3 is 20.8 Å². The first-order valence-corrected chi connectivity index (χ1v) is 5.62. The summed E-state index contributed by atoms with van der Waals surface area (Å²) in [5, 5.41) is 22.1. The van der Waals surface area contributed by atoms with E-state index in [-0.39, 0.29) is 6.42 Å². The van der Waals surface area contributed by atoms with Crippen molar-refractivity contribution >= 4 is 12.0 Å². The van der Waals surface area contributed by atoms with Gasteiger partial charge in [-0.25, -0.2) is 4.79 Å². The van der Waals surface area contributed by atoms with Crippen LogP contribution in [0.4, 0.5) is 18.0 Å². The zero-order chi connectivity index (χ0) is 14.8. The van der Waals surface area contributed by atoms with Gasteiger partial charge in [0.25, 0.3) is 0 Å². The van der Waals surface area contributed by atoms with Crippen LogP contribution in [-0.4, -0.2) is 46.6 Å². The maximum atomic E-state index is 12.7. The highest BCUT2D eigenvalue weighted by molar-refractivity contribution is 5.82. The van der Waals surface area contributed by atoms with Crippen molar-refractivity contribution in [1.82, 2.24) is 10.6 Å². The number of carbonyl (C=O) groups is 2. The molecule has 1 aliphatic rings. The lowest BCUT2D eigenvalue weighted by atomic mass is 9.76. The van der Waals surface area contributed by atoms with E-state index >= 15 is 0 Å². The van der Waals surface area contributed by atoms with Crippen molar-refractivity contribution in [3.63, 3.8) is 0 Å². The minimum absolute atomic E-state index is 0.0652. The number of carbonyl (C=O) groups excluding carboxylic acids is 1. The van der Waals surface area contributed by atoms with Crippen LogP contribution in [0.1, 0.15) is 19.8 Å². The fourth-order valence-corrected chi connectivity index (χ4v) is 2.26. The van der Waals surface area contributed by atoms with Gasteiger partial charge in [0.2, 0.25) is 5.91 Å². The lowest BCUT2D eigenvalue weighted by Crippen LogP contribution is -2.66. The quantitative estimate of drug-likeness (QED) is 0.605. The second-order valence-electron chi connectivity index (χ2n) is 4.64. The molecular weight excluding hydrogens is 269 g/mol. The van der Waals surface area contributed by atoms with Gasteiger partial charge in [-0.1, -0.05) is 0 Å². The van der Waals surface area contributed by atoms with E-state index in [1.165, 1.54) is 0 Å². The number of rotatable bonds is 3. The molecule has 0 radical (unpaired) electrons. The Kier molecular flexibility index (Phi) is 4.28. The highest BCUT2D eigenvalue weighted by Gasteiger charge is 2.56. The van der Waals surface area contributed by atoms with Crippen molar-refractivity contribution in [3.05, 3.63) is 0 Å². The summed E-state index contributed by atoms with van der Waals surface area (Å²) >= 11 is 0. The Bertz CT molecular complexity index is 374. The van der Waals surface area contributed by atoms with Gasteiger partial charge in [0.15, 0.2) is 6.10 Å². The second kappa shape index (κ2) is 5.24. The van der Waals surface area contributed by atoms with Crippen molar-refractivity contribution in [1.29, 1.82) is 0 Å². The minimum atomic E-state index is -5.03. The van der Waals surface area contributed by atoms with Crippen LogP contribution in [0, 0.1) is 5.92 Å². The number of alkyl halides is 3. The standard InChI is InChI=1S/C10H15F3N2O4/c1-9(15-8(18)19,7(17)10(11,12)13)5-3-2-4-14-6(5)16/h5,7,15,17H,2-4H2,1H3,(H,14,16)(H,18,19)/t5-,7?,9+/m1/s1. The van der Waals surface area contributed by atoms with Crippen LogP contribution in [0.25, 0.3) is 0 Å². The van der Waals surface area contributed by atoms with E-state index in [2.05, 4.69) is 5.32 Å². The molecule has 19 heavy (non-hydrogen) atoms. The van der Waals surface area contributed by atoms with Crippen LogP contribution in [0.15, 0.2) is 0 Å². The summed E-state index contributed by atoms with van der Waals surface area (Å²) in [6.07, 6.45) is -9.25. The summed E-state index contributed by atoms with van der Waals surface area (Å²) in [6, 6.07) is 0. The van der Waals surface area contributed by atoms with E-state index in [9.17, 15) is 27.9 Å². The number of piperidine rings is 1. The number of hydrogen-bond donors (Lipinski definition) is 4. The Hall–Kier alpha value is -1.51. The van der Waals surface area contributed by atoms with Crippen LogP contribution in [0.5, 0.6) is 0 Å². The average Bonchev–Trinajstić information content (AvgIpc) is 2.26.